The number of carbonyl (C=O) groups excluding carboxylic acids is 2. The minimum atomic E-state index is -0.697. The Morgan fingerprint density at radius 1 is 1.30 bits per heavy atom. The highest BCUT2D eigenvalue weighted by molar-refractivity contribution is 5.98. The highest BCUT2D eigenvalue weighted by Crippen LogP contribution is 2.23. The molecule has 37 heavy (non-hydrogen) atoms. The molecule has 0 saturated carbocycles. The van der Waals surface area contributed by atoms with Gasteiger partial charge in [-0.3, -0.25) is 19.9 Å². The summed E-state index contributed by atoms with van der Waals surface area (Å²) in [5, 5.41) is 15.8. The first-order valence-electron chi connectivity index (χ1n) is 12.4. The number of fused-ring (bicyclic) bond motifs is 1. The lowest BCUT2D eigenvalue weighted by Gasteiger charge is -2.25. The molecule has 1 fully saturated rings. The topological polar surface area (TPSA) is 127 Å². The van der Waals surface area contributed by atoms with Crippen molar-refractivity contribution in [2.75, 3.05) is 32.0 Å². The number of nitrogens with zero attached hydrogens (tertiary/aromatic N) is 5. The third-order valence-electron chi connectivity index (χ3n) is 6.30. The van der Waals surface area contributed by atoms with Gasteiger partial charge < -0.3 is 19.5 Å². The number of aliphatic imine (C=N–C) groups is 1. The summed E-state index contributed by atoms with van der Waals surface area (Å²) in [6, 6.07) is 12.5. The number of carbonyl (C=O) groups is 2. The molecule has 2 aromatic heterocycles. The molecule has 10 heteroatoms. The predicted molar refractivity (Wildman–Crippen MR) is 141 cm³/mol. The van der Waals surface area contributed by atoms with Crippen LogP contribution in [-0.4, -0.2) is 65.3 Å². The number of guanidine groups is 1. The lowest BCUT2D eigenvalue weighted by molar-refractivity contribution is -0.140. The highest BCUT2D eigenvalue weighted by Gasteiger charge is 2.29. The largest absolute Gasteiger partial charge is 0.461 e. The molecule has 1 aliphatic rings. The van der Waals surface area contributed by atoms with E-state index in [-0.39, 0.29) is 24.3 Å². The zero-order chi connectivity index (χ0) is 26.2. The van der Waals surface area contributed by atoms with E-state index >= 15 is 0 Å². The van der Waals surface area contributed by atoms with Gasteiger partial charge in [0.1, 0.15) is 17.4 Å². The molecule has 4 rings (SSSR count). The lowest BCUT2D eigenvalue weighted by atomic mass is 10.1. The summed E-state index contributed by atoms with van der Waals surface area (Å²) in [5.41, 5.74) is 2.38. The average Bonchev–Trinajstić information content (AvgIpc) is 3.18. The molecule has 1 aliphatic heterocycles. The molecule has 1 atom stereocenters. The first-order valence-corrected chi connectivity index (χ1v) is 12.4. The van der Waals surface area contributed by atoms with Crippen LogP contribution in [0.3, 0.4) is 0 Å². The number of rotatable bonds is 7. The smallest absolute Gasteiger partial charge is 0.247 e. The van der Waals surface area contributed by atoms with Gasteiger partial charge in [-0.1, -0.05) is 6.07 Å². The summed E-state index contributed by atoms with van der Waals surface area (Å²) in [7, 11) is 1.74. The molecule has 0 unspecified atom stereocenters. The van der Waals surface area contributed by atoms with E-state index in [1.54, 1.807) is 23.0 Å². The number of hydrogen-bond acceptors (Lipinski definition) is 6. The summed E-state index contributed by atoms with van der Waals surface area (Å²) < 4.78 is 5.61. The van der Waals surface area contributed by atoms with Crippen molar-refractivity contribution in [1.29, 1.82) is 5.26 Å². The van der Waals surface area contributed by atoms with Crippen LogP contribution in [0.15, 0.2) is 58.1 Å². The Labute approximate surface area is 216 Å². The molecular formula is C27H31N7O3. The Morgan fingerprint density at radius 3 is 2.95 bits per heavy atom. The zero-order valence-electron chi connectivity index (χ0n) is 21.1. The number of benzene rings is 1. The number of anilines is 1. The van der Waals surface area contributed by atoms with E-state index in [2.05, 4.69) is 20.6 Å². The fraction of sp³-hybridized carbons (Fsp3) is 0.370. The van der Waals surface area contributed by atoms with Gasteiger partial charge in [-0.2, -0.15) is 5.26 Å². The third-order valence-corrected chi connectivity index (χ3v) is 6.30. The number of aryl methyl sites for hydroxylation is 1. The summed E-state index contributed by atoms with van der Waals surface area (Å²) in [4.78, 5) is 38.3. The van der Waals surface area contributed by atoms with E-state index < -0.39 is 6.04 Å². The summed E-state index contributed by atoms with van der Waals surface area (Å²) in [5.74, 6) is 0.633. The van der Waals surface area contributed by atoms with Crippen molar-refractivity contribution in [2.24, 2.45) is 4.99 Å². The standard InChI is InChI=1S/C27H31N7O3/c1-19-15-20-16-22(9-10-24(20)37-19)31-27(30-18-28)32-23-8-4-6-13-34(26(23)36)17-25(35)33(2)14-11-21-7-3-5-12-29-21/h3,5,7,9-10,12,15-16,23H,4,6,8,11,13-14,17H2,1-2H3,(H2,30,31,32)/t23-/m0/s1. The van der Waals surface area contributed by atoms with Gasteiger partial charge in [-0.05, 0) is 62.6 Å². The molecular weight excluding hydrogens is 470 g/mol. The van der Waals surface area contributed by atoms with Crippen molar-refractivity contribution >= 4 is 34.4 Å². The maximum Gasteiger partial charge on any atom is 0.247 e. The molecule has 3 aromatic rings. The number of likely N-dealkylation sites (N-methyl/N-ethyl adjacent to an activating group) is 1. The van der Waals surface area contributed by atoms with Crippen LogP contribution in [0.5, 0.6) is 0 Å². The Kier molecular flexibility index (Phi) is 8.36. The van der Waals surface area contributed by atoms with Crippen molar-refractivity contribution in [1.82, 2.24) is 20.1 Å². The van der Waals surface area contributed by atoms with Crippen LogP contribution in [-0.2, 0) is 16.0 Å². The van der Waals surface area contributed by atoms with Crippen LogP contribution in [0.4, 0.5) is 5.69 Å². The third kappa shape index (κ3) is 6.85. The number of aromatic nitrogens is 1. The second-order valence-electron chi connectivity index (χ2n) is 9.11. The molecule has 192 valence electrons. The van der Waals surface area contributed by atoms with E-state index in [0.717, 1.165) is 35.3 Å². The molecule has 0 bridgehead atoms. The average molecular weight is 502 g/mol. The molecule has 1 aromatic carbocycles. The van der Waals surface area contributed by atoms with Gasteiger partial charge in [-0.25, -0.2) is 4.99 Å². The molecule has 1 saturated heterocycles. The van der Waals surface area contributed by atoms with Crippen LogP contribution >= 0.6 is 0 Å². The minimum absolute atomic E-state index is 0.00544. The summed E-state index contributed by atoms with van der Waals surface area (Å²) in [6.45, 7) is 2.88. The molecule has 0 radical (unpaired) electrons. The van der Waals surface area contributed by atoms with E-state index in [1.807, 2.05) is 55.6 Å². The SMILES string of the molecule is Cc1cc2cc(NC(=N[C@H]3CCCCN(CC(=O)N(C)CCc4ccccn4)C3=O)NC#N)ccc2o1. The van der Waals surface area contributed by atoms with E-state index in [1.165, 1.54) is 0 Å². The van der Waals surface area contributed by atoms with Gasteiger partial charge in [0.15, 0.2) is 6.19 Å². The molecule has 10 nitrogen and oxygen atoms in total. The minimum Gasteiger partial charge on any atom is -0.461 e. The fourth-order valence-corrected chi connectivity index (χ4v) is 4.29. The second-order valence-corrected chi connectivity index (χ2v) is 9.11. The van der Waals surface area contributed by atoms with Gasteiger partial charge in [0.05, 0.1) is 6.54 Å². The maximum absolute atomic E-state index is 13.3. The number of nitriles is 1. The van der Waals surface area contributed by atoms with Crippen LogP contribution in [0.25, 0.3) is 11.0 Å². The van der Waals surface area contributed by atoms with E-state index in [9.17, 15) is 14.9 Å². The fourth-order valence-electron chi connectivity index (χ4n) is 4.29. The maximum atomic E-state index is 13.3. The van der Waals surface area contributed by atoms with Gasteiger partial charge in [0, 0.05) is 49.5 Å². The quantitative estimate of drug-likeness (QED) is 0.220. The van der Waals surface area contributed by atoms with Crippen LogP contribution < -0.4 is 10.6 Å². The van der Waals surface area contributed by atoms with Crippen molar-refractivity contribution in [2.45, 2.75) is 38.6 Å². The molecule has 3 heterocycles. The van der Waals surface area contributed by atoms with Crippen molar-refractivity contribution in [3.63, 3.8) is 0 Å². The first-order chi connectivity index (χ1) is 17.9. The number of amides is 2. The Bertz CT molecular complexity index is 1310. The number of furan rings is 1. The molecule has 0 spiro atoms. The number of pyridine rings is 1. The first kappa shape index (κ1) is 25.7. The van der Waals surface area contributed by atoms with Gasteiger partial charge >= 0.3 is 0 Å². The highest BCUT2D eigenvalue weighted by atomic mass is 16.3. The summed E-state index contributed by atoms with van der Waals surface area (Å²) in [6.07, 6.45) is 6.37. The Hall–Kier alpha value is -4.39. The predicted octanol–water partition coefficient (Wildman–Crippen LogP) is 3.06. The molecule has 2 N–H and O–H groups in total. The van der Waals surface area contributed by atoms with Crippen LogP contribution in [0, 0.1) is 18.4 Å². The van der Waals surface area contributed by atoms with E-state index in [0.29, 0.717) is 31.6 Å². The monoisotopic (exact) mass is 501 g/mol. The Morgan fingerprint density at radius 2 is 2.16 bits per heavy atom. The Balaban J connectivity index is 1.42. The van der Waals surface area contributed by atoms with E-state index in [4.69, 9.17) is 4.42 Å². The van der Waals surface area contributed by atoms with Gasteiger partial charge in [-0.15, -0.1) is 0 Å². The molecule has 0 aliphatic carbocycles. The van der Waals surface area contributed by atoms with Crippen molar-refractivity contribution in [3.8, 4) is 6.19 Å². The van der Waals surface area contributed by atoms with Crippen LogP contribution in [0.1, 0.15) is 30.7 Å². The summed E-state index contributed by atoms with van der Waals surface area (Å²) >= 11 is 0. The number of nitrogens with one attached hydrogen (secondary N) is 2. The number of hydrogen-bond donors (Lipinski definition) is 2. The zero-order valence-corrected chi connectivity index (χ0v) is 21.1. The van der Waals surface area contributed by atoms with Gasteiger partial charge in [0.25, 0.3) is 0 Å². The van der Waals surface area contributed by atoms with Crippen molar-refractivity contribution in [3.05, 3.63) is 60.1 Å². The second kappa shape index (κ2) is 12.0. The van der Waals surface area contributed by atoms with Gasteiger partial charge in [0.2, 0.25) is 17.8 Å². The van der Waals surface area contributed by atoms with Crippen molar-refractivity contribution < 1.29 is 14.0 Å². The number of likely N-dealkylation sites (tertiary alicyclic amines) is 1. The lowest BCUT2D eigenvalue weighted by Crippen LogP contribution is -2.45. The normalized spacial score (nSPS) is 16.2. The van der Waals surface area contributed by atoms with Crippen LogP contribution in [0.2, 0.25) is 0 Å². The molecule has 2 amide bonds.